The first-order valence-electron chi connectivity index (χ1n) is 16.6. The minimum atomic E-state index is 0.0633. The van der Waals surface area contributed by atoms with Gasteiger partial charge in [0, 0.05) is 68.4 Å². The molecule has 0 spiro atoms. The average molecular weight is 623 g/mol. The molecule has 2 aliphatic carbocycles. The molecule has 2 aromatic rings. The summed E-state index contributed by atoms with van der Waals surface area (Å²) in [6.45, 7) is 12.5. The van der Waals surface area contributed by atoms with Crippen molar-refractivity contribution in [2.45, 2.75) is 71.3 Å². The van der Waals surface area contributed by atoms with Gasteiger partial charge in [0.1, 0.15) is 0 Å². The summed E-state index contributed by atoms with van der Waals surface area (Å²) in [4.78, 5) is 12.8. The highest BCUT2D eigenvalue weighted by molar-refractivity contribution is 5.87. The number of benzene rings is 2. The van der Waals surface area contributed by atoms with Crippen molar-refractivity contribution in [3.8, 4) is 28.7 Å². The van der Waals surface area contributed by atoms with Gasteiger partial charge in [-0.2, -0.15) is 0 Å². The zero-order valence-electron chi connectivity index (χ0n) is 28.7. The lowest BCUT2D eigenvalue weighted by atomic mass is 9.78. The standard InChI is InChI=1S/C36H54N4O5/c1-23(37-28-19-31(42-5)34(41)36(45-8)33(28)27-13-14-27)21-39-15-10-16-40(18-17-39)22-30(26-11-9-12-26)38(4)29-20-32(43-6)35(44-7)25(3)24(29)2/h19-20,26-27,30,41H,9-18,21-22H2,1-8H3. The number of phenols is 1. The molecule has 0 aromatic heterocycles. The Morgan fingerprint density at radius 3 is 2.13 bits per heavy atom. The molecule has 5 rings (SSSR count). The van der Waals surface area contributed by atoms with Gasteiger partial charge in [-0.05, 0) is 88.9 Å². The number of ether oxygens (including phenoxy) is 4. The summed E-state index contributed by atoms with van der Waals surface area (Å²) in [6, 6.07) is 4.47. The number of nitrogens with zero attached hydrogens (tertiary/aromatic N) is 4. The van der Waals surface area contributed by atoms with Crippen LogP contribution in [0.5, 0.6) is 28.7 Å². The number of anilines is 1. The maximum atomic E-state index is 10.7. The van der Waals surface area contributed by atoms with Gasteiger partial charge >= 0.3 is 0 Å². The zero-order chi connectivity index (χ0) is 32.2. The number of rotatable bonds is 13. The number of aliphatic imine (C=N–C) groups is 1. The van der Waals surface area contributed by atoms with Crippen molar-refractivity contribution < 1.29 is 24.1 Å². The number of methoxy groups -OCH3 is 4. The predicted octanol–water partition coefficient (Wildman–Crippen LogP) is 6.33. The van der Waals surface area contributed by atoms with Gasteiger partial charge in [0.05, 0.1) is 34.1 Å². The number of likely N-dealkylation sites (N-methyl/N-ethyl adjacent to an activating group) is 1. The third kappa shape index (κ3) is 7.14. The van der Waals surface area contributed by atoms with Gasteiger partial charge in [-0.3, -0.25) is 14.8 Å². The first-order valence-corrected chi connectivity index (χ1v) is 16.6. The van der Waals surface area contributed by atoms with Crippen molar-refractivity contribution in [1.82, 2.24) is 9.80 Å². The first kappa shape index (κ1) is 33.2. The molecule has 45 heavy (non-hydrogen) atoms. The molecule has 2 aromatic carbocycles. The molecule has 0 bridgehead atoms. The van der Waals surface area contributed by atoms with E-state index in [0.29, 0.717) is 29.4 Å². The zero-order valence-corrected chi connectivity index (χ0v) is 28.7. The molecule has 1 atom stereocenters. The fraction of sp³-hybridized carbons (Fsp3) is 0.639. The number of phenolic OH excluding ortho intramolecular Hbond substituents is 1. The SMILES string of the molecule is COc1cc(N=C(C)CN2CCCN(CC(C3CCC3)N(C)c3cc(OC)c(OC)c(C)c3C)CC2)c(C2CC2)c(OC)c1O. The monoisotopic (exact) mass is 622 g/mol. The molecule has 1 heterocycles. The van der Waals surface area contributed by atoms with Crippen LogP contribution in [0.1, 0.15) is 68.1 Å². The molecule has 1 N–H and O–H groups in total. The number of hydrogen-bond acceptors (Lipinski definition) is 9. The quantitative estimate of drug-likeness (QED) is 0.260. The van der Waals surface area contributed by atoms with Crippen LogP contribution in [0.3, 0.4) is 0 Å². The average Bonchev–Trinajstić information content (AvgIpc) is 3.86. The number of aromatic hydroxyl groups is 1. The van der Waals surface area contributed by atoms with Crippen molar-refractivity contribution in [3.05, 3.63) is 28.8 Å². The Hall–Kier alpha value is -3.17. The number of hydrogen-bond donors (Lipinski definition) is 1. The third-order valence-corrected chi connectivity index (χ3v) is 10.3. The van der Waals surface area contributed by atoms with E-state index in [1.807, 2.05) is 6.07 Å². The van der Waals surface area contributed by atoms with Gasteiger partial charge < -0.3 is 29.0 Å². The molecule has 1 unspecified atom stereocenters. The van der Waals surface area contributed by atoms with E-state index in [0.717, 1.165) is 92.6 Å². The van der Waals surface area contributed by atoms with Crippen molar-refractivity contribution in [2.75, 3.05) is 79.7 Å². The first-order chi connectivity index (χ1) is 21.7. The van der Waals surface area contributed by atoms with Crippen LogP contribution in [0.4, 0.5) is 11.4 Å². The van der Waals surface area contributed by atoms with Crippen molar-refractivity contribution in [1.29, 1.82) is 0 Å². The summed E-state index contributed by atoms with van der Waals surface area (Å²) in [7, 11) is 8.88. The van der Waals surface area contributed by atoms with Crippen molar-refractivity contribution in [2.24, 2.45) is 10.9 Å². The summed E-state index contributed by atoms with van der Waals surface area (Å²) >= 11 is 0. The summed E-state index contributed by atoms with van der Waals surface area (Å²) in [6.07, 6.45) is 7.24. The Bertz CT molecular complexity index is 1370. The summed E-state index contributed by atoms with van der Waals surface area (Å²) in [5, 5.41) is 10.7. The van der Waals surface area contributed by atoms with Crippen LogP contribution in [-0.4, -0.2) is 101 Å². The van der Waals surface area contributed by atoms with E-state index >= 15 is 0 Å². The second-order valence-electron chi connectivity index (χ2n) is 13.2. The summed E-state index contributed by atoms with van der Waals surface area (Å²) in [5.41, 5.74) is 6.55. The van der Waals surface area contributed by atoms with Crippen molar-refractivity contribution in [3.63, 3.8) is 0 Å². The topological polar surface area (TPSA) is 79.2 Å². The van der Waals surface area contributed by atoms with Crippen LogP contribution in [0.25, 0.3) is 0 Å². The van der Waals surface area contributed by atoms with E-state index in [-0.39, 0.29) is 5.75 Å². The predicted molar refractivity (Wildman–Crippen MR) is 182 cm³/mol. The molecule has 3 aliphatic rings. The molecule has 9 heteroatoms. The van der Waals surface area contributed by atoms with Crippen LogP contribution in [0.15, 0.2) is 17.1 Å². The van der Waals surface area contributed by atoms with E-state index in [4.69, 9.17) is 23.9 Å². The molecule has 1 aliphatic heterocycles. The largest absolute Gasteiger partial charge is 0.502 e. The smallest absolute Gasteiger partial charge is 0.201 e. The van der Waals surface area contributed by atoms with E-state index < -0.39 is 0 Å². The maximum Gasteiger partial charge on any atom is 0.201 e. The lowest BCUT2D eigenvalue weighted by molar-refractivity contribution is 0.184. The van der Waals surface area contributed by atoms with E-state index in [1.54, 1.807) is 28.4 Å². The highest BCUT2D eigenvalue weighted by Gasteiger charge is 2.35. The third-order valence-electron chi connectivity index (χ3n) is 10.3. The van der Waals surface area contributed by atoms with Crippen molar-refractivity contribution >= 4 is 17.1 Å². The molecule has 2 saturated carbocycles. The lowest BCUT2D eigenvalue weighted by Gasteiger charge is -2.43. The van der Waals surface area contributed by atoms with Crippen LogP contribution in [-0.2, 0) is 0 Å². The fourth-order valence-corrected chi connectivity index (χ4v) is 7.25. The van der Waals surface area contributed by atoms with Gasteiger partial charge in [-0.25, -0.2) is 0 Å². The Morgan fingerprint density at radius 2 is 1.53 bits per heavy atom. The molecule has 3 fully saturated rings. The minimum Gasteiger partial charge on any atom is -0.502 e. The van der Waals surface area contributed by atoms with Gasteiger partial charge in [-0.1, -0.05) is 6.42 Å². The van der Waals surface area contributed by atoms with Crippen LogP contribution < -0.4 is 23.8 Å². The molecular formula is C36H54N4O5. The van der Waals surface area contributed by atoms with E-state index in [1.165, 1.54) is 30.5 Å². The lowest BCUT2D eigenvalue weighted by Crippen LogP contribution is -2.49. The Kier molecular flexibility index (Phi) is 10.7. The highest BCUT2D eigenvalue weighted by Crippen LogP contribution is 2.54. The molecular weight excluding hydrogens is 568 g/mol. The van der Waals surface area contributed by atoms with Crippen LogP contribution in [0.2, 0.25) is 0 Å². The molecule has 248 valence electrons. The summed E-state index contributed by atoms with van der Waals surface area (Å²) < 4.78 is 22.5. The fourth-order valence-electron chi connectivity index (χ4n) is 7.25. The van der Waals surface area contributed by atoms with E-state index in [2.05, 4.69) is 48.6 Å². The van der Waals surface area contributed by atoms with E-state index in [9.17, 15) is 5.11 Å². The van der Waals surface area contributed by atoms with Gasteiger partial charge in [0.15, 0.2) is 23.0 Å². The minimum absolute atomic E-state index is 0.0633. The summed E-state index contributed by atoms with van der Waals surface area (Å²) in [5.74, 6) is 3.67. The van der Waals surface area contributed by atoms with Gasteiger partial charge in [-0.15, -0.1) is 0 Å². The van der Waals surface area contributed by atoms with Crippen LogP contribution in [0, 0.1) is 19.8 Å². The molecule has 0 amide bonds. The second kappa shape index (κ2) is 14.5. The molecule has 0 radical (unpaired) electrons. The normalized spacial score (nSPS) is 19.1. The maximum absolute atomic E-state index is 10.7. The molecule has 1 saturated heterocycles. The Labute approximate surface area is 270 Å². The Morgan fingerprint density at radius 1 is 0.867 bits per heavy atom. The van der Waals surface area contributed by atoms with Gasteiger partial charge in [0.25, 0.3) is 0 Å². The molecule has 9 nitrogen and oxygen atoms in total. The van der Waals surface area contributed by atoms with Crippen LogP contribution >= 0.6 is 0 Å². The van der Waals surface area contributed by atoms with Gasteiger partial charge in [0.2, 0.25) is 5.75 Å². The second-order valence-corrected chi connectivity index (χ2v) is 13.2. The highest BCUT2D eigenvalue weighted by atomic mass is 16.5. The Balaban J connectivity index is 1.27.